The molecule has 1 aliphatic rings. The van der Waals surface area contributed by atoms with E-state index in [2.05, 4.69) is 19.2 Å². The number of nitrogens with one attached hydrogen (secondary N) is 1. The highest BCUT2D eigenvalue weighted by Crippen LogP contribution is 2.33. The van der Waals surface area contributed by atoms with Crippen molar-refractivity contribution in [1.29, 1.82) is 0 Å². The Balaban J connectivity index is 2.48. The standard InChI is InChI=1S/C13H27NO/c1-4-12(14-13(15)5-2)11-9-7-6-8-10(11)3/h10-15H,4-9H2,1-3H3. The summed E-state index contributed by atoms with van der Waals surface area (Å²) in [4.78, 5) is 0. The Kier molecular flexibility index (Phi) is 5.62. The molecule has 2 heteroatoms. The van der Waals surface area contributed by atoms with Crippen LogP contribution in [0.3, 0.4) is 0 Å². The van der Waals surface area contributed by atoms with Gasteiger partial charge in [-0.1, -0.05) is 40.0 Å². The van der Waals surface area contributed by atoms with E-state index in [1.54, 1.807) is 0 Å². The van der Waals surface area contributed by atoms with Crippen molar-refractivity contribution in [2.45, 2.75) is 71.6 Å². The molecule has 4 atom stereocenters. The molecule has 4 unspecified atom stereocenters. The summed E-state index contributed by atoms with van der Waals surface area (Å²) in [6.45, 7) is 6.61. The topological polar surface area (TPSA) is 32.3 Å². The zero-order valence-electron chi connectivity index (χ0n) is 10.5. The van der Waals surface area contributed by atoms with Gasteiger partial charge in [0.05, 0.1) is 0 Å². The van der Waals surface area contributed by atoms with Crippen molar-refractivity contribution in [2.24, 2.45) is 11.8 Å². The number of aliphatic hydroxyl groups is 1. The first-order valence-corrected chi connectivity index (χ1v) is 6.63. The first-order valence-electron chi connectivity index (χ1n) is 6.63. The van der Waals surface area contributed by atoms with Crippen LogP contribution in [0, 0.1) is 11.8 Å². The van der Waals surface area contributed by atoms with Crippen LogP contribution < -0.4 is 5.32 Å². The smallest absolute Gasteiger partial charge is 0.104 e. The largest absolute Gasteiger partial charge is 0.379 e. The predicted molar refractivity (Wildman–Crippen MR) is 64.6 cm³/mol. The van der Waals surface area contributed by atoms with Crippen molar-refractivity contribution >= 4 is 0 Å². The summed E-state index contributed by atoms with van der Waals surface area (Å²) < 4.78 is 0. The van der Waals surface area contributed by atoms with E-state index in [-0.39, 0.29) is 6.23 Å². The monoisotopic (exact) mass is 213 g/mol. The molecule has 1 saturated carbocycles. The first-order chi connectivity index (χ1) is 7.19. The van der Waals surface area contributed by atoms with Crippen molar-refractivity contribution in [1.82, 2.24) is 5.32 Å². The van der Waals surface area contributed by atoms with E-state index in [1.807, 2.05) is 6.92 Å². The van der Waals surface area contributed by atoms with Gasteiger partial charge in [-0.15, -0.1) is 0 Å². The lowest BCUT2D eigenvalue weighted by Crippen LogP contribution is -2.45. The normalized spacial score (nSPS) is 31.2. The number of hydrogen-bond acceptors (Lipinski definition) is 2. The van der Waals surface area contributed by atoms with Gasteiger partial charge in [-0.3, -0.25) is 5.32 Å². The molecule has 1 aliphatic carbocycles. The molecule has 0 aliphatic heterocycles. The quantitative estimate of drug-likeness (QED) is 0.688. The molecule has 90 valence electrons. The summed E-state index contributed by atoms with van der Waals surface area (Å²) in [5.41, 5.74) is 0. The summed E-state index contributed by atoms with van der Waals surface area (Å²) in [6.07, 6.45) is 7.08. The van der Waals surface area contributed by atoms with Crippen LogP contribution in [0.25, 0.3) is 0 Å². The minimum absolute atomic E-state index is 0.316. The lowest BCUT2D eigenvalue weighted by atomic mass is 9.75. The van der Waals surface area contributed by atoms with Crippen LogP contribution in [-0.4, -0.2) is 17.4 Å². The number of rotatable bonds is 5. The second-order valence-corrected chi connectivity index (χ2v) is 5.03. The third-order valence-corrected chi connectivity index (χ3v) is 3.93. The molecule has 1 fully saturated rings. The summed E-state index contributed by atoms with van der Waals surface area (Å²) in [6, 6.07) is 0.509. The molecule has 0 aromatic heterocycles. The van der Waals surface area contributed by atoms with Gasteiger partial charge in [0, 0.05) is 6.04 Å². The zero-order chi connectivity index (χ0) is 11.3. The van der Waals surface area contributed by atoms with Crippen LogP contribution in [0.15, 0.2) is 0 Å². The van der Waals surface area contributed by atoms with Gasteiger partial charge >= 0.3 is 0 Å². The molecular formula is C13H27NO. The molecule has 0 aromatic carbocycles. The summed E-state index contributed by atoms with van der Waals surface area (Å²) in [5, 5.41) is 13.0. The van der Waals surface area contributed by atoms with E-state index in [0.29, 0.717) is 6.04 Å². The lowest BCUT2D eigenvalue weighted by Gasteiger charge is -2.36. The van der Waals surface area contributed by atoms with E-state index in [1.165, 1.54) is 25.7 Å². The summed E-state index contributed by atoms with van der Waals surface area (Å²) in [5.74, 6) is 1.59. The van der Waals surface area contributed by atoms with Gasteiger partial charge in [-0.25, -0.2) is 0 Å². The molecule has 0 saturated heterocycles. The zero-order valence-corrected chi connectivity index (χ0v) is 10.5. The van der Waals surface area contributed by atoms with Gasteiger partial charge in [0.25, 0.3) is 0 Å². The van der Waals surface area contributed by atoms with Crippen molar-refractivity contribution in [3.8, 4) is 0 Å². The second kappa shape index (κ2) is 6.49. The van der Waals surface area contributed by atoms with Crippen molar-refractivity contribution in [3.63, 3.8) is 0 Å². The van der Waals surface area contributed by atoms with Gasteiger partial charge in [0.15, 0.2) is 0 Å². The maximum atomic E-state index is 9.67. The van der Waals surface area contributed by atoms with Crippen LogP contribution in [0.2, 0.25) is 0 Å². The summed E-state index contributed by atoms with van der Waals surface area (Å²) >= 11 is 0. The maximum Gasteiger partial charge on any atom is 0.104 e. The fourth-order valence-corrected chi connectivity index (χ4v) is 2.85. The Bertz CT molecular complexity index is 172. The minimum atomic E-state index is -0.316. The van der Waals surface area contributed by atoms with E-state index < -0.39 is 0 Å². The van der Waals surface area contributed by atoms with Crippen LogP contribution >= 0.6 is 0 Å². The molecular weight excluding hydrogens is 186 g/mol. The average Bonchev–Trinajstić information content (AvgIpc) is 2.26. The highest BCUT2D eigenvalue weighted by Gasteiger charge is 2.28. The SMILES string of the molecule is CCC(O)NC(CC)C1CCCCC1C. The first kappa shape index (κ1) is 13.0. The fourth-order valence-electron chi connectivity index (χ4n) is 2.85. The Hall–Kier alpha value is -0.0800. The van der Waals surface area contributed by atoms with Crippen molar-refractivity contribution in [3.05, 3.63) is 0 Å². The van der Waals surface area contributed by atoms with Gasteiger partial charge < -0.3 is 5.11 Å². The third-order valence-electron chi connectivity index (χ3n) is 3.93. The Labute approximate surface area is 94.5 Å². The van der Waals surface area contributed by atoms with Crippen molar-refractivity contribution < 1.29 is 5.11 Å². The van der Waals surface area contributed by atoms with E-state index >= 15 is 0 Å². The molecule has 2 N–H and O–H groups in total. The molecule has 0 heterocycles. The molecule has 0 aromatic rings. The number of hydrogen-bond donors (Lipinski definition) is 2. The minimum Gasteiger partial charge on any atom is -0.379 e. The molecule has 0 amide bonds. The van der Waals surface area contributed by atoms with Gasteiger partial charge in [0.1, 0.15) is 6.23 Å². The molecule has 2 nitrogen and oxygen atoms in total. The van der Waals surface area contributed by atoms with Gasteiger partial charge in [-0.2, -0.15) is 0 Å². The van der Waals surface area contributed by atoms with E-state index in [9.17, 15) is 5.11 Å². The van der Waals surface area contributed by atoms with Crippen LogP contribution in [0.5, 0.6) is 0 Å². The van der Waals surface area contributed by atoms with Gasteiger partial charge in [0.2, 0.25) is 0 Å². The lowest BCUT2D eigenvalue weighted by molar-refractivity contribution is 0.0833. The Morgan fingerprint density at radius 3 is 2.40 bits per heavy atom. The van der Waals surface area contributed by atoms with E-state index in [0.717, 1.165) is 24.7 Å². The second-order valence-electron chi connectivity index (χ2n) is 5.03. The molecule has 0 spiro atoms. The molecule has 15 heavy (non-hydrogen) atoms. The Morgan fingerprint density at radius 2 is 1.87 bits per heavy atom. The van der Waals surface area contributed by atoms with Crippen LogP contribution in [-0.2, 0) is 0 Å². The number of aliphatic hydroxyl groups excluding tert-OH is 1. The molecule has 1 rings (SSSR count). The van der Waals surface area contributed by atoms with Crippen LogP contribution in [0.4, 0.5) is 0 Å². The Morgan fingerprint density at radius 1 is 1.20 bits per heavy atom. The van der Waals surface area contributed by atoms with Crippen LogP contribution in [0.1, 0.15) is 59.3 Å². The highest BCUT2D eigenvalue weighted by atomic mass is 16.3. The highest BCUT2D eigenvalue weighted by molar-refractivity contribution is 4.82. The van der Waals surface area contributed by atoms with E-state index in [4.69, 9.17) is 0 Å². The van der Waals surface area contributed by atoms with Crippen molar-refractivity contribution in [2.75, 3.05) is 0 Å². The fraction of sp³-hybridized carbons (Fsp3) is 1.00. The third kappa shape index (κ3) is 3.76. The molecule has 0 radical (unpaired) electrons. The maximum absolute atomic E-state index is 9.67. The predicted octanol–water partition coefficient (Wildman–Crippen LogP) is 2.91. The average molecular weight is 213 g/mol. The summed E-state index contributed by atoms with van der Waals surface area (Å²) in [7, 11) is 0. The molecule has 0 bridgehead atoms. The van der Waals surface area contributed by atoms with Gasteiger partial charge in [-0.05, 0) is 31.1 Å².